The van der Waals surface area contributed by atoms with Crippen LogP contribution < -0.4 is 4.90 Å². The van der Waals surface area contributed by atoms with E-state index in [9.17, 15) is 5.11 Å². The number of hydrogen-bond donors (Lipinski definition) is 2. The highest BCUT2D eigenvalue weighted by molar-refractivity contribution is 5.79. The molecule has 1 aliphatic carbocycles. The minimum absolute atomic E-state index is 0.146. The van der Waals surface area contributed by atoms with Crippen molar-refractivity contribution in [2.24, 2.45) is 5.41 Å². The van der Waals surface area contributed by atoms with Crippen LogP contribution in [-0.2, 0) is 0 Å². The first-order valence-electron chi connectivity index (χ1n) is 6.40. The van der Waals surface area contributed by atoms with E-state index < -0.39 is 0 Å². The minimum atomic E-state index is 0.146. The van der Waals surface area contributed by atoms with E-state index in [0.717, 1.165) is 36.2 Å². The molecule has 1 aliphatic rings. The Bertz CT molecular complexity index is 571. The van der Waals surface area contributed by atoms with E-state index in [1.807, 2.05) is 13.0 Å². The average molecular weight is 245 g/mol. The van der Waals surface area contributed by atoms with E-state index >= 15 is 0 Å². The summed E-state index contributed by atoms with van der Waals surface area (Å²) in [5, 5.41) is 9.38. The van der Waals surface area contributed by atoms with Gasteiger partial charge in [0.2, 0.25) is 0 Å². The van der Waals surface area contributed by atoms with Gasteiger partial charge in [-0.2, -0.15) is 0 Å². The molecule has 1 saturated carbocycles. The largest absolute Gasteiger partial charge is 0.396 e. The van der Waals surface area contributed by atoms with Crippen molar-refractivity contribution in [3.8, 4) is 0 Å². The fraction of sp³-hybridized carbons (Fsp3) is 0.500. The molecule has 1 aromatic heterocycles. The maximum atomic E-state index is 9.38. The zero-order valence-electron chi connectivity index (χ0n) is 10.9. The van der Waals surface area contributed by atoms with Gasteiger partial charge in [-0.3, -0.25) is 0 Å². The van der Waals surface area contributed by atoms with Gasteiger partial charge in [0.25, 0.3) is 0 Å². The third-order valence-corrected chi connectivity index (χ3v) is 3.89. The van der Waals surface area contributed by atoms with Crippen molar-refractivity contribution in [1.82, 2.24) is 9.97 Å². The molecule has 0 atom stereocenters. The minimum Gasteiger partial charge on any atom is -0.396 e. The Balaban J connectivity index is 1.84. The quantitative estimate of drug-likeness (QED) is 0.867. The van der Waals surface area contributed by atoms with Crippen LogP contribution in [0.4, 0.5) is 5.69 Å². The van der Waals surface area contributed by atoms with Crippen molar-refractivity contribution >= 4 is 16.7 Å². The molecule has 2 aromatic rings. The number of hydrogen-bond acceptors (Lipinski definition) is 3. The predicted octanol–water partition coefficient (Wildman–Crippen LogP) is 2.08. The number of nitrogens with one attached hydrogen (secondary N) is 1. The summed E-state index contributed by atoms with van der Waals surface area (Å²) in [7, 11) is 2.08. The van der Waals surface area contributed by atoms with E-state index in [2.05, 4.69) is 34.0 Å². The Labute approximate surface area is 107 Å². The highest BCUT2D eigenvalue weighted by Gasteiger charge is 2.42. The Morgan fingerprint density at radius 2 is 2.22 bits per heavy atom. The number of aromatic nitrogens is 2. The zero-order valence-corrected chi connectivity index (χ0v) is 10.9. The molecule has 0 spiro atoms. The number of fused-ring (bicyclic) bond motifs is 1. The highest BCUT2D eigenvalue weighted by atomic mass is 16.3. The highest BCUT2D eigenvalue weighted by Crippen LogP contribution is 2.46. The molecule has 0 amide bonds. The summed E-state index contributed by atoms with van der Waals surface area (Å²) in [5.41, 5.74) is 3.40. The summed E-state index contributed by atoms with van der Waals surface area (Å²) >= 11 is 0. The standard InChI is InChI=1S/C14H19N3O/c1-10-15-12-4-3-11(7-13(12)16-10)17(2)8-14(9-18)5-6-14/h3-4,7,18H,5-6,8-9H2,1-2H3,(H,15,16). The van der Waals surface area contributed by atoms with Crippen LogP contribution >= 0.6 is 0 Å². The first-order valence-corrected chi connectivity index (χ1v) is 6.40. The average Bonchev–Trinajstić information content (AvgIpc) is 3.01. The molecule has 0 bridgehead atoms. The number of aliphatic hydroxyl groups is 1. The van der Waals surface area contributed by atoms with Gasteiger partial charge >= 0.3 is 0 Å². The van der Waals surface area contributed by atoms with E-state index in [1.165, 1.54) is 5.69 Å². The second-order valence-corrected chi connectivity index (χ2v) is 5.54. The smallest absolute Gasteiger partial charge is 0.104 e. The number of aliphatic hydroxyl groups excluding tert-OH is 1. The summed E-state index contributed by atoms with van der Waals surface area (Å²) in [4.78, 5) is 9.88. The molecule has 0 aliphatic heterocycles. The van der Waals surface area contributed by atoms with Crippen molar-refractivity contribution < 1.29 is 5.11 Å². The molecule has 4 heteroatoms. The van der Waals surface area contributed by atoms with Crippen LogP contribution in [0.25, 0.3) is 11.0 Å². The number of anilines is 1. The van der Waals surface area contributed by atoms with Crippen LogP contribution in [0.5, 0.6) is 0 Å². The number of rotatable bonds is 4. The number of benzene rings is 1. The van der Waals surface area contributed by atoms with Gasteiger partial charge in [-0.25, -0.2) is 4.98 Å². The topological polar surface area (TPSA) is 52.1 Å². The molecule has 96 valence electrons. The van der Waals surface area contributed by atoms with Crippen LogP contribution in [0.1, 0.15) is 18.7 Å². The van der Waals surface area contributed by atoms with Gasteiger partial charge in [0.1, 0.15) is 5.82 Å². The monoisotopic (exact) mass is 245 g/mol. The SMILES string of the molecule is Cc1nc2ccc(N(C)CC3(CO)CC3)cc2[nH]1. The van der Waals surface area contributed by atoms with Gasteiger partial charge in [0.15, 0.2) is 0 Å². The van der Waals surface area contributed by atoms with Gasteiger partial charge < -0.3 is 15.0 Å². The lowest BCUT2D eigenvalue weighted by Crippen LogP contribution is -2.28. The van der Waals surface area contributed by atoms with Crippen molar-refractivity contribution in [1.29, 1.82) is 0 Å². The summed E-state index contributed by atoms with van der Waals surface area (Å²) in [6.07, 6.45) is 2.28. The molecule has 1 aromatic carbocycles. The van der Waals surface area contributed by atoms with Gasteiger partial charge in [-0.1, -0.05) is 0 Å². The van der Waals surface area contributed by atoms with Crippen molar-refractivity contribution in [3.63, 3.8) is 0 Å². The van der Waals surface area contributed by atoms with Crippen LogP contribution in [0.3, 0.4) is 0 Å². The molecule has 0 unspecified atom stereocenters. The Hall–Kier alpha value is -1.55. The molecule has 2 N–H and O–H groups in total. The number of imidazole rings is 1. The lowest BCUT2D eigenvalue weighted by Gasteiger charge is -2.24. The van der Waals surface area contributed by atoms with Gasteiger partial charge in [0, 0.05) is 24.7 Å². The second kappa shape index (κ2) is 3.99. The fourth-order valence-corrected chi connectivity index (χ4v) is 2.50. The zero-order chi connectivity index (χ0) is 12.8. The van der Waals surface area contributed by atoms with Gasteiger partial charge in [0.05, 0.1) is 17.6 Å². The van der Waals surface area contributed by atoms with Crippen molar-refractivity contribution in [3.05, 3.63) is 24.0 Å². The molecular weight excluding hydrogens is 226 g/mol. The molecule has 0 radical (unpaired) electrons. The van der Waals surface area contributed by atoms with E-state index in [0.29, 0.717) is 6.61 Å². The maximum Gasteiger partial charge on any atom is 0.104 e. The van der Waals surface area contributed by atoms with Crippen LogP contribution in [0, 0.1) is 12.3 Å². The first-order chi connectivity index (χ1) is 8.62. The molecule has 1 heterocycles. The third kappa shape index (κ3) is 1.97. The van der Waals surface area contributed by atoms with Crippen LogP contribution in [0.15, 0.2) is 18.2 Å². The fourth-order valence-electron chi connectivity index (χ4n) is 2.50. The first kappa shape index (κ1) is 11.5. The van der Waals surface area contributed by atoms with Gasteiger partial charge in [-0.15, -0.1) is 0 Å². The Kier molecular flexibility index (Phi) is 2.55. The number of nitrogens with zero attached hydrogens (tertiary/aromatic N) is 2. The summed E-state index contributed by atoms with van der Waals surface area (Å²) in [6, 6.07) is 6.27. The molecule has 18 heavy (non-hydrogen) atoms. The number of aryl methyl sites for hydroxylation is 1. The normalized spacial score (nSPS) is 17.1. The molecule has 1 fully saturated rings. The van der Waals surface area contributed by atoms with Gasteiger partial charge in [-0.05, 0) is 38.0 Å². The molecule has 4 nitrogen and oxygen atoms in total. The number of H-pyrrole nitrogens is 1. The van der Waals surface area contributed by atoms with Crippen LogP contribution in [-0.4, -0.2) is 35.3 Å². The maximum absolute atomic E-state index is 9.38. The Morgan fingerprint density at radius 3 is 2.89 bits per heavy atom. The van der Waals surface area contributed by atoms with E-state index in [4.69, 9.17) is 0 Å². The Morgan fingerprint density at radius 1 is 1.44 bits per heavy atom. The number of aromatic amines is 1. The summed E-state index contributed by atoms with van der Waals surface area (Å²) in [6.45, 7) is 3.18. The summed E-state index contributed by atoms with van der Waals surface area (Å²) in [5.74, 6) is 0.943. The lowest BCUT2D eigenvalue weighted by atomic mass is 10.1. The van der Waals surface area contributed by atoms with E-state index in [-0.39, 0.29) is 5.41 Å². The second-order valence-electron chi connectivity index (χ2n) is 5.54. The third-order valence-electron chi connectivity index (χ3n) is 3.89. The van der Waals surface area contributed by atoms with Crippen molar-refractivity contribution in [2.45, 2.75) is 19.8 Å². The van der Waals surface area contributed by atoms with E-state index in [1.54, 1.807) is 0 Å². The lowest BCUT2D eigenvalue weighted by molar-refractivity contribution is 0.215. The molecular formula is C14H19N3O. The molecule has 0 saturated heterocycles. The predicted molar refractivity (Wildman–Crippen MR) is 72.9 cm³/mol. The van der Waals surface area contributed by atoms with Crippen LogP contribution in [0.2, 0.25) is 0 Å². The summed E-state index contributed by atoms with van der Waals surface area (Å²) < 4.78 is 0. The van der Waals surface area contributed by atoms with Crippen molar-refractivity contribution in [2.75, 3.05) is 25.1 Å². The molecule has 3 rings (SSSR count).